The van der Waals surface area contributed by atoms with Gasteiger partial charge in [0.2, 0.25) is 5.75 Å². The number of benzene rings is 1. The van der Waals surface area contributed by atoms with Gasteiger partial charge in [-0.15, -0.1) is 0 Å². The average Bonchev–Trinajstić information content (AvgIpc) is 2.86. The van der Waals surface area contributed by atoms with Crippen LogP contribution < -0.4 is 14.2 Å². The van der Waals surface area contributed by atoms with E-state index in [4.69, 9.17) is 14.2 Å². The molecule has 1 aliphatic heterocycles. The van der Waals surface area contributed by atoms with E-state index >= 15 is 0 Å². The highest BCUT2D eigenvalue weighted by Gasteiger charge is 2.46. The Bertz CT molecular complexity index is 546. The van der Waals surface area contributed by atoms with E-state index in [2.05, 4.69) is 0 Å². The van der Waals surface area contributed by atoms with Crippen molar-refractivity contribution in [3.63, 3.8) is 0 Å². The molecule has 0 bridgehead atoms. The number of carboxylic acid groups (broad SMARTS) is 1. The average molecular weight is 292 g/mol. The van der Waals surface area contributed by atoms with Crippen LogP contribution in [0.15, 0.2) is 12.1 Å². The molecule has 1 aromatic carbocycles. The number of hydrogen-bond donors (Lipinski definition) is 1. The van der Waals surface area contributed by atoms with Gasteiger partial charge in [0, 0.05) is 12.0 Å². The van der Waals surface area contributed by atoms with Crippen LogP contribution >= 0.6 is 0 Å². The Labute approximate surface area is 123 Å². The quantitative estimate of drug-likeness (QED) is 0.928. The summed E-state index contributed by atoms with van der Waals surface area (Å²) in [5, 5.41) is 9.77. The Morgan fingerprint density at radius 3 is 2.57 bits per heavy atom. The lowest BCUT2D eigenvalue weighted by atomic mass is 9.78. The van der Waals surface area contributed by atoms with Crippen LogP contribution in [0.25, 0.3) is 0 Å². The van der Waals surface area contributed by atoms with E-state index in [1.165, 1.54) is 0 Å². The molecule has 21 heavy (non-hydrogen) atoms. The zero-order chi connectivity index (χ0) is 14.9. The van der Waals surface area contributed by atoms with E-state index in [1.54, 1.807) is 7.11 Å². The fourth-order valence-corrected chi connectivity index (χ4v) is 3.37. The molecule has 5 nitrogen and oxygen atoms in total. The fraction of sp³-hybridized carbons (Fsp3) is 0.562. The fourth-order valence-electron chi connectivity index (χ4n) is 3.37. The highest BCUT2D eigenvalue weighted by atomic mass is 16.5. The summed E-state index contributed by atoms with van der Waals surface area (Å²) in [7, 11) is 1.55. The van der Waals surface area contributed by atoms with Gasteiger partial charge in [0.1, 0.15) is 0 Å². The van der Waals surface area contributed by atoms with E-state index in [9.17, 15) is 9.90 Å². The maximum atomic E-state index is 11.9. The number of hydrogen-bond acceptors (Lipinski definition) is 4. The zero-order valence-electron chi connectivity index (χ0n) is 12.2. The van der Waals surface area contributed by atoms with Crippen LogP contribution in [0.5, 0.6) is 17.2 Å². The van der Waals surface area contributed by atoms with Gasteiger partial charge in [-0.05, 0) is 18.9 Å². The standard InChI is InChI=1S/C16H20O5/c1-19-13-11(16(15(17)18)7-2-3-8-16)5-6-12-14(13)21-10-4-9-20-12/h5-6H,2-4,7-10H2,1H3,(H,17,18). The maximum absolute atomic E-state index is 11.9. The molecule has 0 amide bonds. The minimum Gasteiger partial charge on any atom is -0.492 e. The van der Waals surface area contributed by atoms with Gasteiger partial charge >= 0.3 is 5.97 Å². The van der Waals surface area contributed by atoms with Gasteiger partial charge in [-0.25, -0.2) is 0 Å². The molecular formula is C16H20O5. The van der Waals surface area contributed by atoms with Crippen LogP contribution in [0.4, 0.5) is 0 Å². The molecule has 1 saturated carbocycles. The number of carboxylic acids is 1. The monoisotopic (exact) mass is 292 g/mol. The number of fused-ring (bicyclic) bond motifs is 1. The first-order valence-corrected chi connectivity index (χ1v) is 7.39. The largest absolute Gasteiger partial charge is 0.492 e. The van der Waals surface area contributed by atoms with Crippen molar-refractivity contribution < 1.29 is 24.1 Å². The second kappa shape index (κ2) is 5.47. The molecule has 1 N–H and O–H groups in total. The summed E-state index contributed by atoms with van der Waals surface area (Å²) >= 11 is 0. The molecule has 0 unspecified atom stereocenters. The van der Waals surface area contributed by atoms with E-state index in [0.717, 1.165) is 19.3 Å². The van der Waals surface area contributed by atoms with Gasteiger partial charge in [0.05, 0.1) is 25.7 Å². The number of methoxy groups -OCH3 is 1. The summed E-state index contributed by atoms with van der Waals surface area (Å²) in [6.45, 7) is 1.15. The Balaban J connectivity index is 2.14. The van der Waals surface area contributed by atoms with Crippen molar-refractivity contribution in [2.45, 2.75) is 37.5 Å². The molecule has 5 heteroatoms. The minimum atomic E-state index is -0.865. The van der Waals surface area contributed by atoms with E-state index in [1.807, 2.05) is 12.1 Å². The van der Waals surface area contributed by atoms with E-state index < -0.39 is 11.4 Å². The van der Waals surface area contributed by atoms with Crippen molar-refractivity contribution in [2.75, 3.05) is 20.3 Å². The van der Waals surface area contributed by atoms with Crippen molar-refractivity contribution in [2.24, 2.45) is 0 Å². The molecule has 0 atom stereocenters. The summed E-state index contributed by atoms with van der Waals surface area (Å²) in [5.41, 5.74) is -0.157. The molecule has 0 spiro atoms. The molecule has 114 valence electrons. The van der Waals surface area contributed by atoms with Gasteiger partial charge in [-0.1, -0.05) is 18.9 Å². The number of carbonyl (C=O) groups is 1. The molecule has 0 aromatic heterocycles. The Morgan fingerprint density at radius 2 is 1.90 bits per heavy atom. The smallest absolute Gasteiger partial charge is 0.314 e. The van der Waals surface area contributed by atoms with Crippen molar-refractivity contribution >= 4 is 5.97 Å². The first kappa shape index (κ1) is 14.0. The van der Waals surface area contributed by atoms with Crippen LogP contribution in [0, 0.1) is 0 Å². The predicted octanol–water partition coefficient (Wildman–Crippen LogP) is 2.75. The molecule has 0 radical (unpaired) electrons. The summed E-state index contributed by atoms with van der Waals surface area (Å²) in [6, 6.07) is 3.63. The number of aliphatic carboxylic acids is 1. The Hall–Kier alpha value is -1.91. The molecule has 1 heterocycles. The van der Waals surface area contributed by atoms with Crippen LogP contribution in [-0.4, -0.2) is 31.4 Å². The van der Waals surface area contributed by atoms with Crippen molar-refractivity contribution in [1.82, 2.24) is 0 Å². The van der Waals surface area contributed by atoms with Crippen LogP contribution in [-0.2, 0) is 10.2 Å². The van der Waals surface area contributed by atoms with Crippen LogP contribution in [0.1, 0.15) is 37.7 Å². The van der Waals surface area contributed by atoms with E-state index in [-0.39, 0.29) is 0 Å². The summed E-state index contributed by atoms with van der Waals surface area (Å²) < 4.78 is 16.9. The lowest BCUT2D eigenvalue weighted by Gasteiger charge is -2.27. The zero-order valence-corrected chi connectivity index (χ0v) is 12.2. The van der Waals surface area contributed by atoms with Gasteiger partial charge in [0.25, 0.3) is 0 Å². The molecular weight excluding hydrogens is 272 g/mol. The lowest BCUT2D eigenvalue weighted by molar-refractivity contribution is -0.143. The summed E-state index contributed by atoms with van der Waals surface area (Å²) in [4.78, 5) is 11.9. The SMILES string of the molecule is COc1c(C2(C(=O)O)CCCC2)ccc2c1OCCCO2. The molecule has 2 aliphatic rings. The number of rotatable bonds is 3. The topological polar surface area (TPSA) is 65.0 Å². The molecule has 3 rings (SSSR count). The van der Waals surface area contributed by atoms with Gasteiger partial charge < -0.3 is 19.3 Å². The normalized spacial score (nSPS) is 19.9. The minimum absolute atomic E-state index is 0.513. The van der Waals surface area contributed by atoms with Crippen molar-refractivity contribution in [1.29, 1.82) is 0 Å². The van der Waals surface area contributed by atoms with Gasteiger partial charge in [-0.3, -0.25) is 4.79 Å². The lowest BCUT2D eigenvalue weighted by Crippen LogP contribution is -2.33. The summed E-state index contributed by atoms with van der Waals surface area (Å²) in [6.07, 6.45) is 3.92. The van der Waals surface area contributed by atoms with Crippen molar-refractivity contribution in [3.05, 3.63) is 17.7 Å². The van der Waals surface area contributed by atoms with Gasteiger partial charge in [-0.2, -0.15) is 0 Å². The molecule has 1 aromatic rings. The highest BCUT2D eigenvalue weighted by Crippen LogP contribution is 2.50. The first-order valence-electron chi connectivity index (χ1n) is 7.39. The third kappa shape index (κ3) is 2.20. The van der Waals surface area contributed by atoms with Crippen molar-refractivity contribution in [3.8, 4) is 17.2 Å². The first-order chi connectivity index (χ1) is 10.2. The molecule has 0 saturated heterocycles. The highest BCUT2D eigenvalue weighted by molar-refractivity contribution is 5.84. The number of ether oxygens (including phenoxy) is 3. The predicted molar refractivity (Wildman–Crippen MR) is 76.4 cm³/mol. The summed E-state index contributed by atoms with van der Waals surface area (Å²) in [5.74, 6) is 0.901. The third-order valence-corrected chi connectivity index (χ3v) is 4.45. The van der Waals surface area contributed by atoms with Crippen LogP contribution in [0.2, 0.25) is 0 Å². The third-order valence-electron chi connectivity index (χ3n) is 4.45. The molecule has 1 fully saturated rings. The maximum Gasteiger partial charge on any atom is 0.314 e. The van der Waals surface area contributed by atoms with Gasteiger partial charge in [0.15, 0.2) is 11.5 Å². The molecule has 1 aliphatic carbocycles. The Kier molecular flexibility index (Phi) is 3.66. The second-order valence-electron chi connectivity index (χ2n) is 5.62. The van der Waals surface area contributed by atoms with Crippen LogP contribution in [0.3, 0.4) is 0 Å². The Morgan fingerprint density at radius 1 is 1.19 bits per heavy atom. The second-order valence-corrected chi connectivity index (χ2v) is 5.62. The van der Waals surface area contributed by atoms with E-state index in [0.29, 0.717) is 48.9 Å².